The zero-order valence-corrected chi connectivity index (χ0v) is 5.64. The predicted molar refractivity (Wildman–Crippen MR) is 34.7 cm³/mol. The van der Waals surface area contributed by atoms with Gasteiger partial charge in [-0.15, -0.1) is 0 Å². The molecule has 0 aromatic heterocycles. The van der Waals surface area contributed by atoms with E-state index in [-0.39, 0.29) is 5.41 Å². The average Bonchev–Trinajstić information content (AvgIpc) is 1.67. The van der Waals surface area contributed by atoms with Gasteiger partial charge in [-0.05, 0) is 20.8 Å². The highest BCUT2D eigenvalue weighted by Gasteiger charge is 2.09. The van der Waals surface area contributed by atoms with Gasteiger partial charge >= 0.3 is 0 Å². The van der Waals surface area contributed by atoms with Crippen molar-refractivity contribution in [2.75, 3.05) is 0 Å². The zero-order valence-electron chi connectivity index (χ0n) is 5.64. The quantitative estimate of drug-likeness (QED) is 0.393. The topological polar surface area (TPSA) is 17.1 Å². The van der Waals surface area contributed by atoms with E-state index in [1.54, 1.807) is 0 Å². The highest BCUT2D eigenvalue weighted by atomic mass is 16.1. The van der Waals surface area contributed by atoms with E-state index in [4.69, 9.17) is 0 Å². The van der Waals surface area contributed by atoms with Crippen LogP contribution in [0.4, 0.5) is 0 Å². The van der Waals surface area contributed by atoms with E-state index in [1.165, 1.54) is 0 Å². The first-order valence-corrected chi connectivity index (χ1v) is 2.72. The van der Waals surface area contributed by atoms with Gasteiger partial charge in [0.25, 0.3) is 0 Å². The third-order valence-electron chi connectivity index (χ3n) is 0.900. The SMILES string of the molecule is C/C=C/C(C)(C)C=O. The third kappa shape index (κ3) is 2.56. The fraction of sp³-hybridized carbons (Fsp3) is 0.571. The fourth-order valence-electron chi connectivity index (χ4n) is 0.469. The van der Waals surface area contributed by atoms with Crippen molar-refractivity contribution in [3.63, 3.8) is 0 Å². The molecule has 0 saturated heterocycles. The molecular weight excluding hydrogens is 100 g/mol. The number of aldehydes is 1. The molecule has 0 rings (SSSR count). The summed E-state index contributed by atoms with van der Waals surface area (Å²) in [5.74, 6) is 0. The highest BCUT2D eigenvalue weighted by Crippen LogP contribution is 2.11. The number of hydrogen-bond acceptors (Lipinski definition) is 1. The molecule has 1 nitrogen and oxygen atoms in total. The Hall–Kier alpha value is -0.590. The van der Waals surface area contributed by atoms with Crippen LogP contribution in [0.15, 0.2) is 12.2 Å². The summed E-state index contributed by atoms with van der Waals surface area (Å²) < 4.78 is 0. The number of hydrogen-bond donors (Lipinski definition) is 0. The van der Waals surface area contributed by atoms with Crippen LogP contribution in [0.1, 0.15) is 20.8 Å². The Morgan fingerprint density at radius 3 is 2.00 bits per heavy atom. The lowest BCUT2D eigenvalue weighted by Gasteiger charge is -2.07. The average molecular weight is 112 g/mol. The van der Waals surface area contributed by atoms with Gasteiger partial charge in [0.2, 0.25) is 0 Å². The van der Waals surface area contributed by atoms with Crippen LogP contribution in [0.5, 0.6) is 0 Å². The minimum Gasteiger partial charge on any atom is -0.302 e. The normalized spacial score (nSPS) is 12.4. The van der Waals surface area contributed by atoms with E-state index in [2.05, 4.69) is 0 Å². The van der Waals surface area contributed by atoms with Crippen LogP contribution in [0.3, 0.4) is 0 Å². The molecule has 0 aliphatic heterocycles. The zero-order chi connectivity index (χ0) is 6.62. The van der Waals surface area contributed by atoms with Crippen molar-refractivity contribution in [3.05, 3.63) is 12.2 Å². The molecule has 0 saturated carbocycles. The summed E-state index contributed by atoms with van der Waals surface area (Å²) in [6.45, 7) is 5.66. The molecule has 0 heterocycles. The second-order valence-electron chi connectivity index (χ2n) is 2.44. The van der Waals surface area contributed by atoms with Gasteiger partial charge in [-0.1, -0.05) is 12.2 Å². The maximum atomic E-state index is 10.2. The number of allylic oxidation sites excluding steroid dienone is 2. The Bertz CT molecular complexity index is 101. The predicted octanol–water partition coefficient (Wildman–Crippen LogP) is 1.79. The molecule has 0 amide bonds. The minimum absolute atomic E-state index is 0.269. The molecule has 8 heavy (non-hydrogen) atoms. The van der Waals surface area contributed by atoms with Gasteiger partial charge in [0.1, 0.15) is 6.29 Å². The first kappa shape index (κ1) is 7.41. The molecule has 0 aliphatic rings. The van der Waals surface area contributed by atoms with Gasteiger partial charge in [-0.2, -0.15) is 0 Å². The van der Waals surface area contributed by atoms with Crippen LogP contribution in [-0.4, -0.2) is 6.29 Å². The molecule has 46 valence electrons. The van der Waals surface area contributed by atoms with Crippen molar-refractivity contribution in [1.29, 1.82) is 0 Å². The summed E-state index contributed by atoms with van der Waals surface area (Å²) in [5, 5.41) is 0. The Morgan fingerprint density at radius 2 is 1.88 bits per heavy atom. The van der Waals surface area contributed by atoms with Crippen molar-refractivity contribution < 1.29 is 4.79 Å². The summed E-state index contributed by atoms with van der Waals surface area (Å²) in [6.07, 6.45) is 4.70. The van der Waals surface area contributed by atoms with Crippen molar-refractivity contribution in [3.8, 4) is 0 Å². The number of carbonyl (C=O) groups is 1. The van der Waals surface area contributed by atoms with Crippen LogP contribution >= 0.6 is 0 Å². The molecule has 0 aromatic rings. The highest BCUT2D eigenvalue weighted by molar-refractivity contribution is 5.60. The molecule has 0 atom stereocenters. The van der Waals surface area contributed by atoms with Gasteiger partial charge in [-0.3, -0.25) is 0 Å². The van der Waals surface area contributed by atoms with E-state index < -0.39 is 0 Å². The lowest BCUT2D eigenvalue weighted by molar-refractivity contribution is -0.112. The summed E-state index contributed by atoms with van der Waals surface area (Å²) in [4.78, 5) is 10.2. The van der Waals surface area contributed by atoms with Crippen molar-refractivity contribution in [2.24, 2.45) is 5.41 Å². The molecule has 0 spiro atoms. The van der Waals surface area contributed by atoms with Gasteiger partial charge in [0.05, 0.1) is 0 Å². The molecule has 0 radical (unpaired) electrons. The van der Waals surface area contributed by atoms with Gasteiger partial charge in [0.15, 0.2) is 0 Å². The summed E-state index contributed by atoms with van der Waals surface area (Å²) >= 11 is 0. The van der Waals surface area contributed by atoms with Gasteiger partial charge in [0, 0.05) is 5.41 Å². The lowest BCUT2D eigenvalue weighted by Crippen LogP contribution is -2.07. The van der Waals surface area contributed by atoms with Crippen LogP contribution in [-0.2, 0) is 4.79 Å². The molecule has 0 aromatic carbocycles. The smallest absolute Gasteiger partial charge is 0.129 e. The molecule has 0 bridgehead atoms. The van der Waals surface area contributed by atoms with Crippen molar-refractivity contribution >= 4 is 6.29 Å². The Balaban J connectivity index is 3.90. The fourth-order valence-corrected chi connectivity index (χ4v) is 0.469. The largest absolute Gasteiger partial charge is 0.302 e. The van der Waals surface area contributed by atoms with Gasteiger partial charge < -0.3 is 4.79 Å². The van der Waals surface area contributed by atoms with Crippen molar-refractivity contribution in [2.45, 2.75) is 20.8 Å². The first-order chi connectivity index (χ1) is 3.62. The summed E-state index contributed by atoms with van der Waals surface area (Å²) in [7, 11) is 0. The Morgan fingerprint density at radius 1 is 1.38 bits per heavy atom. The van der Waals surface area contributed by atoms with Crippen LogP contribution in [0.25, 0.3) is 0 Å². The Kier molecular flexibility index (Phi) is 2.46. The van der Waals surface area contributed by atoms with E-state index in [0.29, 0.717) is 0 Å². The molecule has 0 fully saturated rings. The number of rotatable bonds is 2. The first-order valence-electron chi connectivity index (χ1n) is 2.72. The minimum atomic E-state index is -0.269. The van der Waals surface area contributed by atoms with E-state index in [1.807, 2.05) is 32.9 Å². The van der Waals surface area contributed by atoms with E-state index in [9.17, 15) is 4.79 Å². The molecule has 0 unspecified atom stereocenters. The molecule has 0 aliphatic carbocycles. The van der Waals surface area contributed by atoms with E-state index >= 15 is 0 Å². The standard InChI is InChI=1S/C7H12O/c1-4-5-7(2,3)6-8/h4-6H,1-3H3/b5-4+. The third-order valence-corrected chi connectivity index (χ3v) is 0.900. The van der Waals surface area contributed by atoms with Crippen LogP contribution in [0.2, 0.25) is 0 Å². The summed E-state index contributed by atoms with van der Waals surface area (Å²) in [6, 6.07) is 0. The second kappa shape index (κ2) is 2.65. The Labute approximate surface area is 50.4 Å². The van der Waals surface area contributed by atoms with Gasteiger partial charge in [-0.25, -0.2) is 0 Å². The maximum Gasteiger partial charge on any atom is 0.129 e. The maximum absolute atomic E-state index is 10.2. The van der Waals surface area contributed by atoms with Crippen LogP contribution < -0.4 is 0 Å². The molecular formula is C7H12O. The molecule has 0 N–H and O–H groups in total. The van der Waals surface area contributed by atoms with Crippen molar-refractivity contribution in [1.82, 2.24) is 0 Å². The lowest BCUT2D eigenvalue weighted by atomic mass is 9.96. The molecule has 1 heteroatoms. The van der Waals surface area contributed by atoms with Crippen LogP contribution in [0, 0.1) is 5.41 Å². The summed E-state index contributed by atoms with van der Waals surface area (Å²) in [5.41, 5.74) is -0.269. The number of carbonyl (C=O) groups excluding carboxylic acids is 1. The van der Waals surface area contributed by atoms with E-state index in [0.717, 1.165) is 6.29 Å². The second-order valence-corrected chi connectivity index (χ2v) is 2.44. The monoisotopic (exact) mass is 112 g/mol.